The molecule has 1 N–H and O–H groups in total. The summed E-state index contributed by atoms with van der Waals surface area (Å²) < 4.78 is 45.6. The van der Waals surface area contributed by atoms with Crippen molar-refractivity contribution in [2.24, 2.45) is 5.92 Å². The number of rotatable bonds is 9. The maximum atomic E-state index is 14.8. The largest absolute Gasteiger partial charge is 0.493 e. The van der Waals surface area contributed by atoms with Crippen molar-refractivity contribution in [3.05, 3.63) is 100 Å². The number of likely N-dealkylation sites (tertiary alicyclic amines) is 1. The van der Waals surface area contributed by atoms with E-state index < -0.39 is 21.7 Å². The molecule has 1 aliphatic carbocycles. The van der Waals surface area contributed by atoms with Crippen molar-refractivity contribution in [2.45, 2.75) is 24.8 Å². The summed E-state index contributed by atoms with van der Waals surface area (Å²) in [4.78, 5) is 14.6. The first kappa shape index (κ1) is 25.9. The van der Waals surface area contributed by atoms with Gasteiger partial charge in [-0.15, -0.1) is 0 Å². The average Bonchev–Trinajstić information content (AvgIpc) is 3.70. The second-order valence-electron chi connectivity index (χ2n) is 10.0. The Morgan fingerprint density at radius 3 is 2.47 bits per heavy atom. The second kappa shape index (κ2) is 10.6. The van der Waals surface area contributed by atoms with Crippen LogP contribution in [0.2, 0.25) is 0 Å². The Kier molecular flexibility index (Phi) is 7.19. The SMILES string of the molecule is CS(=O)(=O)NC(=O)c1cc(C2CC2)c(OCC2CN(C(c3ccccc3)c3cccc(C#N)c3)C2)cc1F. The van der Waals surface area contributed by atoms with Gasteiger partial charge in [0.25, 0.3) is 5.91 Å². The van der Waals surface area contributed by atoms with Crippen LogP contribution in [0.4, 0.5) is 4.39 Å². The molecule has 2 fully saturated rings. The normalized spacial score (nSPS) is 16.8. The van der Waals surface area contributed by atoms with Gasteiger partial charge in [-0.3, -0.25) is 9.69 Å². The lowest BCUT2D eigenvalue weighted by Crippen LogP contribution is -2.51. The molecular weight excluding hydrogens is 505 g/mol. The van der Waals surface area contributed by atoms with Gasteiger partial charge in [0.05, 0.1) is 36.1 Å². The number of ether oxygens (including phenoxy) is 1. The fourth-order valence-electron chi connectivity index (χ4n) is 4.97. The van der Waals surface area contributed by atoms with E-state index in [9.17, 15) is 22.9 Å². The molecule has 2 aliphatic rings. The molecule has 3 aromatic rings. The van der Waals surface area contributed by atoms with Crippen LogP contribution in [-0.4, -0.2) is 45.2 Å². The number of nitrogens with one attached hydrogen (secondary N) is 1. The Morgan fingerprint density at radius 1 is 1.11 bits per heavy atom. The number of sulfonamides is 1. The summed E-state index contributed by atoms with van der Waals surface area (Å²) in [6.45, 7) is 1.93. The Bertz CT molecular complexity index is 1490. The van der Waals surface area contributed by atoms with Gasteiger partial charge in [-0.2, -0.15) is 5.26 Å². The van der Waals surface area contributed by atoms with E-state index >= 15 is 0 Å². The molecule has 38 heavy (non-hydrogen) atoms. The van der Waals surface area contributed by atoms with Crippen LogP contribution in [0.5, 0.6) is 5.75 Å². The molecular formula is C29H28FN3O4S. The van der Waals surface area contributed by atoms with E-state index in [1.165, 1.54) is 12.1 Å². The van der Waals surface area contributed by atoms with Crippen LogP contribution in [0.1, 0.15) is 57.4 Å². The molecule has 0 aromatic heterocycles. The van der Waals surface area contributed by atoms with E-state index in [1.807, 2.05) is 41.1 Å². The summed E-state index contributed by atoms with van der Waals surface area (Å²) in [7, 11) is -3.81. The van der Waals surface area contributed by atoms with Crippen LogP contribution in [0.25, 0.3) is 0 Å². The van der Waals surface area contributed by atoms with Gasteiger partial charge >= 0.3 is 0 Å². The van der Waals surface area contributed by atoms with Crippen LogP contribution >= 0.6 is 0 Å². The lowest BCUT2D eigenvalue weighted by Gasteiger charge is -2.44. The molecule has 9 heteroatoms. The standard InChI is InChI=1S/C29H28FN3O4S/c1-38(35,36)32-29(34)25-13-24(21-10-11-21)27(14-26(25)30)37-18-20-16-33(17-20)28(22-7-3-2-4-8-22)23-9-5-6-19(12-23)15-31/h2-9,12-14,20-21,28H,10-11,16-18H2,1H3,(H,32,34). The topological polar surface area (TPSA) is 99.5 Å². The molecule has 3 aromatic carbocycles. The number of carbonyl (C=O) groups excluding carboxylic acids is 1. The molecule has 1 heterocycles. The molecule has 1 atom stereocenters. The zero-order valence-corrected chi connectivity index (χ0v) is 21.7. The first-order valence-corrected chi connectivity index (χ1v) is 14.4. The Balaban J connectivity index is 1.29. The second-order valence-corrected chi connectivity index (χ2v) is 11.8. The van der Waals surface area contributed by atoms with Gasteiger partial charge in [-0.1, -0.05) is 42.5 Å². The molecule has 1 saturated heterocycles. The fourth-order valence-corrected chi connectivity index (χ4v) is 5.42. The van der Waals surface area contributed by atoms with Crippen molar-refractivity contribution in [1.29, 1.82) is 5.26 Å². The van der Waals surface area contributed by atoms with E-state index in [4.69, 9.17) is 4.74 Å². The minimum atomic E-state index is -3.81. The smallest absolute Gasteiger partial charge is 0.267 e. The van der Waals surface area contributed by atoms with Crippen molar-refractivity contribution < 1.29 is 22.3 Å². The third kappa shape index (κ3) is 5.87. The van der Waals surface area contributed by atoms with Crippen molar-refractivity contribution in [3.63, 3.8) is 0 Å². The highest BCUT2D eigenvalue weighted by molar-refractivity contribution is 7.89. The van der Waals surface area contributed by atoms with Gasteiger partial charge in [-0.25, -0.2) is 17.5 Å². The molecule has 1 saturated carbocycles. The van der Waals surface area contributed by atoms with Crippen LogP contribution < -0.4 is 9.46 Å². The van der Waals surface area contributed by atoms with Crippen molar-refractivity contribution in [1.82, 2.24) is 9.62 Å². The Hall–Kier alpha value is -3.74. The highest BCUT2D eigenvalue weighted by Crippen LogP contribution is 2.45. The molecule has 0 radical (unpaired) electrons. The first-order valence-electron chi connectivity index (χ1n) is 12.5. The highest BCUT2D eigenvalue weighted by atomic mass is 32.2. The molecule has 7 nitrogen and oxygen atoms in total. The quantitative estimate of drug-likeness (QED) is 0.439. The van der Waals surface area contributed by atoms with E-state index in [1.54, 1.807) is 6.07 Å². The summed E-state index contributed by atoms with van der Waals surface area (Å²) in [5.41, 5.74) is 3.24. The third-order valence-corrected chi connectivity index (χ3v) is 7.47. The van der Waals surface area contributed by atoms with E-state index in [2.05, 4.69) is 23.1 Å². The minimum Gasteiger partial charge on any atom is -0.493 e. The van der Waals surface area contributed by atoms with Crippen LogP contribution in [0.15, 0.2) is 66.7 Å². The van der Waals surface area contributed by atoms with E-state index in [0.29, 0.717) is 17.9 Å². The monoisotopic (exact) mass is 533 g/mol. The maximum absolute atomic E-state index is 14.8. The lowest BCUT2D eigenvalue weighted by atomic mass is 9.90. The number of benzene rings is 3. The lowest BCUT2D eigenvalue weighted by molar-refractivity contribution is 0.0375. The summed E-state index contributed by atoms with van der Waals surface area (Å²) in [6, 6.07) is 22.7. The number of hydrogen-bond acceptors (Lipinski definition) is 6. The number of hydrogen-bond donors (Lipinski definition) is 1. The van der Waals surface area contributed by atoms with Gasteiger partial charge in [0.15, 0.2) is 0 Å². The van der Waals surface area contributed by atoms with Gasteiger partial charge in [0.2, 0.25) is 10.0 Å². The number of amides is 1. The third-order valence-electron chi connectivity index (χ3n) is 6.91. The van der Waals surface area contributed by atoms with Crippen molar-refractivity contribution in [3.8, 4) is 11.8 Å². The Labute approximate surface area is 221 Å². The average molecular weight is 534 g/mol. The first-order chi connectivity index (χ1) is 18.2. The predicted octanol–water partition coefficient (Wildman–Crippen LogP) is 4.36. The van der Waals surface area contributed by atoms with E-state index in [-0.39, 0.29) is 23.4 Å². The maximum Gasteiger partial charge on any atom is 0.267 e. The van der Waals surface area contributed by atoms with Crippen molar-refractivity contribution >= 4 is 15.9 Å². The molecule has 5 rings (SSSR count). The predicted molar refractivity (Wildman–Crippen MR) is 141 cm³/mol. The number of halogens is 1. The summed E-state index contributed by atoms with van der Waals surface area (Å²) >= 11 is 0. The number of carbonyl (C=O) groups is 1. The zero-order chi connectivity index (χ0) is 26.9. The molecule has 196 valence electrons. The Morgan fingerprint density at radius 2 is 1.82 bits per heavy atom. The summed E-state index contributed by atoms with van der Waals surface area (Å²) in [5, 5.41) is 9.37. The number of nitrogens with zero attached hydrogens (tertiary/aromatic N) is 2. The van der Waals surface area contributed by atoms with Crippen molar-refractivity contribution in [2.75, 3.05) is 26.0 Å². The highest BCUT2D eigenvalue weighted by Gasteiger charge is 2.35. The molecule has 0 bridgehead atoms. The zero-order valence-electron chi connectivity index (χ0n) is 20.9. The van der Waals surface area contributed by atoms with E-state index in [0.717, 1.165) is 48.9 Å². The molecule has 1 aliphatic heterocycles. The summed E-state index contributed by atoms with van der Waals surface area (Å²) in [5.74, 6) is -1.00. The number of nitriles is 1. The molecule has 1 amide bonds. The minimum absolute atomic E-state index is 0.00728. The van der Waals surface area contributed by atoms with Crippen LogP contribution in [-0.2, 0) is 10.0 Å². The fraction of sp³-hybridized carbons (Fsp3) is 0.310. The molecule has 0 spiro atoms. The van der Waals surface area contributed by atoms with Gasteiger partial charge in [0, 0.05) is 25.1 Å². The molecule has 1 unspecified atom stereocenters. The summed E-state index contributed by atoms with van der Waals surface area (Å²) in [6.07, 6.45) is 2.67. The van der Waals surface area contributed by atoms with Crippen LogP contribution in [0, 0.1) is 23.1 Å². The van der Waals surface area contributed by atoms with Gasteiger partial charge in [-0.05, 0) is 53.6 Å². The van der Waals surface area contributed by atoms with Gasteiger partial charge in [0.1, 0.15) is 11.6 Å². The van der Waals surface area contributed by atoms with Gasteiger partial charge < -0.3 is 4.74 Å². The van der Waals surface area contributed by atoms with Crippen LogP contribution in [0.3, 0.4) is 0 Å².